The Morgan fingerprint density at radius 3 is 2.75 bits per heavy atom. The first-order valence-corrected chi connectivity index (χ1v) is 8.40. The summed E-state index contributed by atoms with van der Waals surface area (Å²) >= 11 is 0. The highest BCUT2D eigenvalue weighted by Crippen LogP contribution is 2.10. The van der Waals surface area contributed by atoms with Gasteiger partial charge in [0.25, 0.3) is 0 Å². The fourth-order valence-corrected chi connectivity index (χ4v) is 2.74. The molecule has 0 aliphatic carbocycles. The molecular weight excluding hydrogens is 308 g/mol. The minimum Gasteiger partial charge on any atom is -0.347 e. The van der Waals surface area contributed by atoms with Crippen molar-refractivity contribution in [3.8, 4) is 11.6 Å². The Bertz CT molecular complexity index is 639. The van der Waals surface area contributed by atoms with Crippen LogP contribution in [0.15, 0.2) is 23.0 Å². The predicted molar refractivity (Wildman–Crippen MR) is 86.7 cm³/mol. The summed E-state index contributed by atoms with van der Waals surface area (Å²) in [6.07, 6.45) is 8.49. The lowest BCUT2D eigenvalue weighted by Gasteiger charge is -2.26. The summed E-state index contributed by atoms with van der Waals surface area (Å²) in [6, 6.07) is 1.72. The second-order valence-electron chi connectivity index (χ2n) is 5.87. The van der Waals surface area contributed by atoms with Crippen LogP contribution in [0.25, 0.3) is 11.6 Å². The van der Waals surface area contributed by atoms with Crippen LogP contribution in [0.2, 0.25) is 0 Å². The lowest BCUT2D eigenvalue weighted by Crippen LogP contribution is -2.31. The summed E-state index contributed by atoms with van der Waals surface area (Å²) < 4.78 is 5.11. The summed E-state index contributed by atoms with van der Waals surface area (Å²) in [7, 11) is 0. The number of piperidine rings is 1. The van der Waals surface area contributed by atoms with E-state index in [-0.39, 0.29) is 12.5 Å². The Labute approximate surface area is 140 Å². The molecule has 0 atom stereocenters. The molecule has 0 aromatic carbocycles. The van der Waals surface area contributed by atoms with Gasteiger partial charge in [0, 0.05) is 18.8 Å². The average Bonchev–Trinajstić information content (AvgIpc) is 3.11. The van der Waals surface area contributed by atoms with E-state index in [1.807, 2.05) is 0 Å². The number of hydrogen-bond donors (Lipinski definition) is 1. The molecule has 1 fully saturated rings. The van der Waals surface area contributed by atoms with Gasteiger partial charge >= 0.3 is 0 Å². The van der Waals surface area contributed by atoms with Crippen molar-refractivity contribution in [2.24, 2.45) is 0 Å². The highest BCUT2D eigenvalue weighted by Gasteiger charge is 2.13. The van der Waals surface area contributed by atoms with Crippen LogP contribution in [0.4, 0.5) is 0 Å². The van der Waals surface area contributed by atoms with Crippen molar-refractivity contribution < 1.29 is 9.32 Å². The molecule has 1 N–H and O–H groups in total. The van der Waals surface area contributed by atoms with Crippen LogP contribution in [-0.2, 0) is 11.3 Å². The molecule has 2 aromatic rings. The Balaban J connectivity index is 1.38. The number of likely N-dealkylation sites (tertiary alicyclic amines) is 1. The van der Waals surface area contributed by atoms with Crippen LogP contribution in [0.5, 0.6) is 0 Å². The average molecular weight is 330 g/mol. The third kappa shape index (κ3) is 4.82. The first-order chi connectivity index (χ1) is 11.8. The van der Waals surface area contributed by atoms with Crippen LogP contribution in [-0.4, -0.2) is 50.5 Å². The minimum absolute atomic E-state index is 0.00252. The third-order valence-corrected chi connectivity index (χ3v) is 4.00. The first-order valence-electron chi connectivity index (χ1n) is 8.40. The maximum atomic E-state index is 11.9. The van der Waals surface area contributed by atoms with Crippen LogP contribution in [0, 0.1) is 0 Å². The Hall–Kier alpha value is -2.35. The van der Waals surface area contributed by atoms with E-state index in [0.29, 0.717) is 24.0 Å². The lowest BCUT2D eigenvalue weighted by molar-refractivity contribution is -0.121. The van der Waals surface area contributed by atoms with Crippen LogP contribution >= 0.6 is 0 Å². The van der Waals surface area contributed by atoms with Gasteiger partial charge in [-0.2, -0.15) is 4.98 Å². The smallest absolute Gasteiger partial charge is 0.246 e. The molecule has 1 amide bonds. The largest absolute Gasteiger partial charge is 0.347 e. The Kier molecular flexibility index (Phi) is 5.84. The van der Waals surface area contributed by atoms with Crippen molar-refractivity contribution in [1.82, 2.24) is 30.3 Å². The molecule has 128 valence electrons. The van der Waals surface area contributed by atoms with E-state index in [0.717, 1.165) is 26.1 Å². The zero-order valence-electron chi connectivity index (χ0n) is 13.6. The van der Waals surface area contributed by atoms with Gasteiger partial charge in [-0.05, 0) is 45.0 Å². The number of aromatic nitrogens is 4. The summed E-state index contributed by atoms with van der Waals surface area (Å²) in [5.41, 5.74) is 0. The van der Waals surface area contributed by atoms with Gasteiger partial charge in [0.2, 0.25) is 23.4 Å². The summed E-state index contributed by atoms with van der Waals surface area (Å²) in [5.74, 6) is 1.08. The maximum Gasteiger partial charge on any atom is 0.246 e. The zero-order chi connectivity index (χ0) is 16.6. The van der Waals surface area contributed by atoms with Crippen molar-refractivity contribution in [3.05, 3.63) is 24.4 Å². The normalized spacial score (nSPS) is 15.3. The summed E-state index contributed by atoms with van der Waals surface area (Å²) in [6.45, 7) is 3.54. The molecule has 8 heteroatoms. The van der Waals surface area contributed by atoms with E-state index in [2.05, 4.69) is 30.3 Å². The van der Waals surface area contributed by atoms with Crippen molar-refractivity contribution in [1.29, 1.82) is 0 Å². The van der Waals surface area contributed by atoms with Crippen LogP contribution in [0.3, 0.4) is 0 Å². The number of carbonyl (C=O) groups is 1. The molecule has 24 heavy (non-hydrogen) atoms. The molecule has 3 heterocycles. The van der Waals surface area contributed by atoms with Gasteiger partial charge in [-0.3, -0.25) is 4.79 Å². The first kappa shape index (κ1) is 16.5. The number of rotatable bonds is 7. The highest BCUT2D eigenvalue weighted by molar-refractivity contribution is 5.75. The van der Waals surface area contributed by atoms with Crippen molar-refractivity contribution in [2.45, 2.75) is 38.6 Å². The quantitative estimate of drug-likeness (QED) is 0.819. The molecule has 1 saturated heterocycles. The van der Waals surface area contributed by atoms with Crippen molar-refractivity contribution in [3.63, 3.8) is 0 Å². The van der Waals surface area contributed by atoms with Crippen LogP contribution < -0.4 is 5.32 Å². The monoisotopic (exact) mass is 330 g/mol. The van der Waals surface area contributed by atoms with Gasteiger partial charge in [0.1, 0.15) is 0 Å². The van der Waals surface area contributed by atoms with Crippen LogP contribution in [0.1, 0.15) is 38.0 Å². The van der Waals surface area contributed by atoms with Gasteiger partial charge in [-0.15, -0.1) is 0 Å². The molecule has 0 spiro atoms. The highest BCUT2D eigenvalue weighted by atomic mass is 16.5. The summed E-state index contributed by atoms with van der Waals surface area (Å²) in [5, 5.41) is 6.63. The van der Waals surface area contributed by atoms with E-state index >= 15 is 0 Å². The SMILES string of the molecule is O=C(CCCN1CCCCC1)NCc1nc(-c2ncccn2)no1. The number of amides is 1. The fraction of sp³-hybridized carbons (Fsp3) is 0.562. The molecule has 0 saturated carbocycles. The molecule has 0 bridgehead atoms. The molecule has 1 aliphatic heterocycles. The molecule has 2 aromatic heterocycles. The predicted octanol–water partition coefficient (Wildman–Crippen LogP) is 1.41. The number of carbonyl (C=O) groups excluding carboxylic acids is 1. The maximum absolute atomic E-state index is 11.9. The second kappa shape index (κ2) is 8.49. The fourth-order valence-electron chi connectivity index (χ4n) is 2.74. The van der Waals surface area contributed by atoms with Gasteiger partial charge < -0.3 is 14.7 Å². The topological polar surface area (TPSA) is 97.0 Å². The number of hydrogen-bond acceptors (Lipinski definition) is 7. The third-order valence-electron chi connectivity index (χ3n) is 4.00. The molecule has 0 unspecified atom stereocenters. The molecule has 8 nitrogen and oxygen atoms in total. The number of nitrogens with zero attached hydrogens (tertiary/aromatic N) is 5. The minimum atomic E-state index is 0.00252. The van der Waals surface area contributed by atoms with E-state index in [1.165, 1.54) is 19.3 Å². The lowest BCUT2D eigenvalue weighted by atomic mass is 10.1. The van der Waals surface area contributed by atoms with E-state index in [9.17, 15) is 4.79 Å². The van der Waals surface area contributed by atoms with E-state index < -0.39 is 0 Å². The van der Waals surface area contributed by atoms with Gasteiger partial charge in [0.05, 0.1) is 6.54 Å². The number of nitrogens with one attached hydrogen (secondary N) is 1. The van der Waals surface area contributed by atoms with E-state index in [1.54, 1.807) is 18.5 Å². The molecular formula is C16H22N6O2. The van der Waals surface area contributed by atoms with Gasteiger partial charge in [-0.1, -0.05) is 11.6 Å². The molecule has 1 aliphatic rings. The Morgan fingerprint density at radius 1 is 1.17 bits per heavy atom. The van der Waals surface area contributed by atoms with Gasteiger partial charge in [0.15, 0.2) is 0 Å². The molecule has 3 rings (SSSR count). The Morgan fingerprint density at radius 2 is 1.96 bits per heavy atom. The van der Waals surface area contributed by atoms with Gasteiger partial charge in [-0.25, -0.2) is 9.97 Å². The molecule has 0 radical (unpaired) electrons. The van der Waals surface area contributed by atoms with Crippen molar-refractivity contribution >= 4 is 5.91 Å². The van der Waals surface area contributed by atoms with E-state index in [4.69, 9.17) is 4.52 Å². The second-order valence-corrected chi connectivity index (χ2v) is 5.87. The van der Waals surface area contributed by atoms with Crippen molar-refractivity contribution in [2.75, 3.05) is 19.6 Å². The summed E-state index contributed by atoms with van der Waals surface area (Å²) in [4.78, 5) is 26.6. The zero-order valence-corrected chi connectivity index (χ0v) is 13.6. The standard InChI is InChI=1S/C16H22N6O2/c23-13(6-4-11-22-9-2-1-3-10-22)19-12-14-20-16(21-24-14)15-17-7-5-8-18-15/h5,7-8H,1-4,6,9-12H2,(H,19,23).